The summed E-state index contributed by atoms with van der Waals surface area (Å²) in [6, 6.07) is 22.6. The molecule has 0 bridgehead atoms. The van der Waals surface area contributed by atoms with E-state index in [4.69, 9.17) is 15.9 Å². The first kappa shape index (κ1) is 19.0. The maximum Gasteiger partial charge on any atom is 0.330 e. The Balaban J connectivity index is 1.74. The SMILES string of the molecule is N=C(N)c1ccc(NC(C(=O)O)c2cccc(OCc3ccccc3)c2)cc1. The van der Waals surface area contributed by atoms with Gasteiger partial charge in [-0.25, -0.2) is 4.79 Å². The summed E-state index contributed by atoms with van der Waals surface area (Å²) in [6.45, 7) is 0.405. The summed E-state index contributed by atoms with van der Waals surface area (Å²) in [5.41, 5.74) is 8.25. The van der Waals surface area contributed by atoms with Gasteiger partial charge in [0.1, 0.15) is 18.2 Å². The van der Waals surface area contributed by atoms with Crippen LogP contribution in [0.3, 0.4) is 0 Å². The number of carboxylic acid groups (broad SMARTS) is 1. The third-order valence-electron chi connectivity index (χ3n) is 4.19. The lowest BCUT2D eigenvalue weighted by atomic mass is 10.1. The van der Waals surface area contributed by atoms with Crippen molar-refractivity contribution >= 4 is 17.5 Å². The molecule has 0 radical (unpaired) electrons. The van der Waals surface area contributed by atoms with Gasteiger partial charge < -0.3 is 20.9 Å². The molecule has 5 N–H and O–H groups in total. The van der Waals surface area contributed by atoms with Gasteiger partial charge in [-0.2, -0.15) is 0 Å². The van der Waals surface area contributed by atoms with Crippen molar-refractivity contribution < 1.29 is 14.6 Å². The first-order valence-corrected chi connectivity index (χ1v) is 8.73. The van der Waals surface area contributed by atoms with Crippen molar-refractivity contribution in [2.45, 2.75) is 12.6 Å². The lowest BCUT2D eigenvalue weighted by molar-refractivity contribution is -0.138. The summed E-state index contributed by atoms with van der Waals surface area (Å²) in [5.74, 6) is -0.443. The van der Waals surface area contributed by atoms with Crippen LogP contribution in [0.25, 0.3) is 0 Å². The fraction of sp³-hybridized carbons (Fsp3) is 0.0909. The molecule has 6 heteroatoms. The largest absolute Gasteiger partial charge is 0.489 e. The Labute approximate surface area is 163 Å². The molecule has 6 nitrogen and oxygen atoms in total. The Morgan fingerprint density at radius 3 is 2.39 bits per heavy atom. The summed E-state index contributed by atoms with van der Waals surface area (Å²) >= 11 is 0. The van der Waals surface area contributed by atoms with Gasteiger partial charge in [-0.3, -0.25) is 5.41 Å². The Bertz CT molecular complexity index is 956. The molecule has 0 aromatic heterocycles. The number of nitrogens with one attached hydrogen (secondary N) is 2. The topological polar surface area (TPSA) is 108 Å². The predicted octanol–water partition coefficient (Wildman–Crippen LogP) is 3.79. The van der Waals surface area contributed by atoms with E-state index in [1.54, 1.807) is 48.5 Å². The average Bonchev–Trinajstić information content (AvgIpc) is 2.71. The summed E-state index contributed by atoms with van der Waals surface area (Å²) in [7, 11) is 0. The molecule has 142 valence electrons. The zero-order chi connectivity index (χ0) is 19.9. The first-order chi connectivity index (χ1) is 13.5. The highest BCUT2D eigenvalue weighted by Crippen LogP contribution is 2.24. The second-order valence-electron chi connectivity index (χ2n) is 6.25. The van der Waals surface area contributed by atoms with Gasteiger partial charge in [-0.05, 0) is 47.5 Å². The van der Waals surface area contributed by atoms with Crippen LogP contribution < -0.4 is 15.8 Å². The van der Waals surface area contributed by atoms with Crippen LogP contribution in [0.15, 0.2) is 78.9 Å². The number of hydrogen-bond acceptors (Lipinski definition) is 4. The monoisotopic (exact) mass is 375 g/mol. The fourth-order valence-corrected chi connectivity index (χ4v) is 2.73. The summed E-state index contributed by atoms with van der Waals surface area (Å²) in [5, 5.41) is 20.1. The van der Waals surface area contributed by atoms with Gasteiger partial charge in [-0.1, -0.05) is 42.5 Å². The minimum Gasteiger partial charge on any atom is -0.489 e. The standard InChI is InChI=1S/C22H21N3O3/c23-21(24)16-9-11-18(12-10-16)25-20(22(26)27)17-7-4-8-19(13-17)28-14-15-5-2-1-3-6-15/h1-13,20,25H,14H2,(H3,23,24)(H,26,27). The van der Waals surface area contributed by atoms with Crippen molar-refractivity contribution in [3.05, 3.63) is 95.6 Å². The van der Waals surface area contributed by atoms with Crippen LogP contribution in [0.5, 0.6) is 5.75 Å². The van der Waals surface area contributed by atoms with Crippen LogP contribution in [0, 0.1) is 5.41 Å². The molecule has 0 spiro atoms. The number of nitrogen functional groups attached to an aromatic ring is 1. The predicted molar refractivity (Wildman–Crippen MR) is 109 cm³/mol. The average molecular weight is 375 g/mol. The van der Waals surface area contributed by atoms with Gasteiger partial charge >= 0.3 is 5.97 Å². The van der Waals surface area contributed by atoms with Crippen molar-refractivity contribution in [3.63, 3.8) is 0 Å². The van der Waals surface area contributed by atoms with E-state index in [1.807, 2.05) is 30.3 Å². The Hall–Kier alpha value is -3.80. The van der Waals surface area contributed by atoms with Crippen molar-refractivity contribution in [1.29, 1.82) is 5.41 Å². The lowest BCUT2D eigenvalue weighted by Crippen LogP contribution is -2.20. The van der Waals surface area contributed by atoms with E-state index in [9.17, 15) is 9.90 Å². The molecule has 0 aliphatic rings. The number of hydrogen-bond donors (Lipinski definition) is 4. The van der Waals surface area contributed by atoms with Crippen molar-refractivity contribution in [2.24, 2.45) is 5.73 Å². The van der Waals surface area contributed by atoms with Crippen LogP contribution >= 0.6 is 0 Å². The van der Waals surface area contributed by atoms with E-state index in [0.717, 1.165) is 5.56 Å². The molecule has 0 amide bonds. The van der Waals surface area contributed by atoms with Crippen molar-refractivity contribution in [3.8, 4) is 5.75 Å². The number of carbonyl (C=O) groups is 1. The molecule has 3 aromatic rings. The first-order valence-electron chi connectivity index (χ1n) is 8.73. The molecule has 3 rings (SSSR count). The maximum absolute atomic E-state index is 11.8. The number of anilines is 1. The zero-order valence-corrected chi connectivity index (χ0v) is 15.1. The Morgan fingerprint density at radius 2 is 1.75 bits per heavy atom. The molecule has 0 saturated carbocycles. The second kappa shape index (κ2) is 8.73. The van der Waals surface area contributed by atoms with Crippen molar-refractivity contribution in [2.75, 3.05) is 5.32 Å². The normalized spacial score (nSPS) is 11.4. The highest BCUT2D eigenvalue weighted by Gasteiger charge is 2.20. The Morgan fingerprint density at radius 1 is 1.04 bits per heavy atom. The summed E-state index contributed by atoms with van der Waals surface area (Å²) < 4.78 is 5.80. The zero-order valence-electron chi connectivity index (χ0n) is 15.1. The Kier molecular flexibility index (Phi) is 5.91. The highest BCUT2D eigenvalue weighted by atomic mass is 16.5. The van der Waals surface area contributed by atoms with Gasteiger partial charge in [0, 0.05) is 11.3 Å². The number of amidine groups is 1. The maximum atomic E-state index is 11.8. The molecule has 0 heterocycles. The quantitative estimate of drug-likeness (QED) is 0.354. The molecule has 28 heavy (non-hydrogen) atoms. The number of nitrogens with two attached hydrogens (primary N) is 1. The fourth-order valence-electron chi connectivity index (χ4n) is 2.73. The molecular formula is C22H21N3O3. The number of rotatable bonds is 8. The van der Waals surface area contributed by atoms with Crippen LogP contribution in [0.1, 0.15) is 22.7 Å². The number of benzene rings is 3. The van der Waals surface area contributed by atoms with E-state index in [2.05, 4.69) is 5.32 Å². The molecule has 3 aromatic carbocycles. The van der Waals surface area contributed by atoms with E-state index < -0.39 is 12.0 Å². The minimum atomic E-state index is -1.00. The van der Waals surface area contributed by atoms with Gasteiger partial charge in [0.15, 0.2) is 6.04 Å². The smallest absolute Gasteiger partial charge is 0.330 e. The molecule has 0 aliphatic carbocycles. The number of carboxylic acids is 1. The molecule has 0 fully saturated rings. The van der Waals surface area contributed by atoms with E-state index in [-0.39, 0.29) is 5.84 Å². The highest BCUT2D eigenvalue weighted by molar-refractivity contribution is 5.95. The minimum absolute atomic E-state index is 0.0374. The molecule has 0 saturated heterocycles. The van der Waals surface area contributed by atoms with Crippen LogP contribution in [0.2, 0.25) is 0 Å². The van der Waals surface area contributed by atoms with E-state index in [1.165, 1.54) is 0 Å². The third-order valence-corrected chi connectivity index (χ3v) is 4.19. The van der Waals surface area contributed by atoms with Crippen LogP contribution in [-0.2, 0) is 11.4 Å². The van der Waals surface area contributed by atoms with Crippen LogP contribution in [-0.4, -0.2) is 16.9 Å². The van der Waals surface area contributed by atoms with Gasteiger partial charge in [0.25, 0.3) is 0 Å². The molecule has 1 unspecified atom stereocenters. The van der Waals surface area contributed by atoms with E-state index >= 15 is 0 Å². The molecule has 1 atom stereocenters. The second-order valence-corrected chi connectivity index (χ2v) is 6.25. The van der Waals surface area contributed by atoms with Gasteiger partial charge in [0.2, 0.25) is 0 Å². The number of ether oxygens (including phenoxy) is 1. The van der Waals surface area contributed by atoms with E-state index in [0.29, 0.717) is 29.2 Å². The molecular weight excluding hydrogens is 354 g/mol. The molecule has 0 aliphatic heterocycles. The summed E-state index contributed by atoms with van der Waals surface area (Å²) in [4.78, 5) is 11.8. The van der Waals surface area contributed by atoms with Crippen molar-refractivity contribution in [1.82, 2.24) is 0 Å². The third kappa shape index (κ3) is 4.88. The lowest BCUT2D eigenvalue weighted by Gasteiger charge is -2.17. The van der Waals surface area contributed by atoms with Gasteiger partial charge in [-0.15, -0.1) is 0 Å². The summed E-state index contributed by atoms with van der Waals surface area (Å²) in [6.07, 6.45) is 0. The number of aliphatic carboxylic acids is 1. The van der Waals surface area contributed by atoms with Gasteiger partial charge in [0.05, 0.1) is 0 Å². The van der Waals surface area contributed by atoms with Crippen LogP contribution in [0.4, 0.5) is 5.69 Å².